The van der Waals surface area contributed by atoms with Crippen LogP contribution in [0.4, 0.5) is 0 Å². The van der Waals surface area contributed by atoms with Crippen molar-refractivity contribution in [2.24, 2.45) is 35.4 Å². The van der Waals surface area contributed by atoms with Crippen LogP contribution >= 0.6 is 0 Å². The highest BCUT2D eigenvalue weighted by atomic mass is 16.5. The molecule has 1 atom stereocenters. The van der Waals surface area contributed by atoms with Crippen LogP contribution in [-0.4, -0.2) is 12.6 Å². The lowest BCUT2D eigenvalue weighted by molar-refractivity contribution is -0.0529. The first-order chi connectivity index (χ1) is 8.85. The molecule has 4 aliphatic carbocycles. The third-order valence-electron chi connectivity index (χ3n) is 5.90. The fourth-order valence-corrected chi connectivity index (χ4v) is 5.55. The number of nitrogens with one attached hydrogen (secondary N) is 1. The van der Waals surface area contributed by atoms with Gasteiger partial charge in [0, 0.05) is 6.42 Å². The molecule has 4 bridgehead atoms. The molecule has 1 unspecified atom stereocenters. The number of rotatable bonds is 3. The van der Waals surface area contributed by atoms with Gasteiger partial charge in [0.25, 0.3) is 0 Å². The van der Waals surface area contributed by atoms with E-state index in [2.05, 4.69) is 11.5 Å². The monoisotopic (exact) mass is 248 g/mol. The van der Waals surface area contributed by atoms with Gasteiger partial charge in [-0.05, 0) is 67.8 Å². The predicted molar refractivity (Wildman–Crippen MR) is 70.3 cm³/mol. The van der Waals surface area contributed by atoms with Crippen LogP contribution in [-0.2, 0) is 4.74 Å². The Morgan fingerprint density at radius 3 is 2.28 bits per heavy atom. The third-order valence-corrected chi connectivity index (χ3v) is 5.90. The first-order valence-electron chi connectivity index (χ1n) is 7.64. The molecule has 18 heavy (non-hydrogen) atoms. The predicted octanol–water partition coefficient (Wildman–Crippen LogP) is 2.19. The molecule has 100 valence electrons. The van der Waals surface area contributed by atoms with Gasteiger partial charge >= 0.3 is 0 Å². The highest BCUT2D eigenvalue weighted by Crippen LogP contribution is 2.57. The minimum atomic E-state index is 0.280. The molecule has 3 nitrogen and oxygen atoms in total. The Kier molecular flexibility index (Phi) is 2.66. The molecular weight excluding hydrogens is 224 g/mol. The van der Waals surface area contributed by atoms with Crippen LogP contribution < -0.4 is 11.3 Å². The Morgan fingerprint density at radius 1 is 1.11 bits per heavy atom. The van der Waals surface area contributed by atoms with E-state index in [0.29, 0.717) is 0 Å². The van der Waals surface area contributed by atoms with Crippen molar-refractivity contribution in [2.75, 3.05) is 6.61 Å². The van der Waals surface area contributed by atoms with Gasteiger partial charge in [-0.3, -0.25) is 5.84 Å². The van der Waals surface area contributed by atoms with Crippen LogP contribution in [0.15, 0.2) is 11.8 Å². The zero-order valence-electron chi connectivity index (χ0n) is 11.0. The molecule has 5 rings (SSSR count). The van der Waals surface area contributed by atoms with Gasteiger partial charge < -0.3 is 4.74 Å². The van der Waals surface area contributed by atoms with Crippen molar-refractivity contribution >= 4 is 0 Å². The largest absolute Gasteiger partial charge is 0.496 e. The van der Waals surface area contributed by atoms with Crippen molar-refractivity contribution < 1.29 is 4.74 Å². The number of hydrazine groups is 1. The Morgan fingerprint density at radius 2 is 1.78 bits per heavy atom. The molecule has 0 spiro atoms. The van der Waals surface area contributed by atoms with Crippen molar-refractivity contribution in [1.29, 1.82) is 0 Å². The van der Waals surface area contributed by atoms with Crippen molar-refractivity contribution in [1.82, 2.24) is 5.43 Å². The number of hydrogen-bond acceptors (Lipinski definition) is 3. The van der Waals surface area contributed by atoms with Crippen LogP contribution in [0.3, 0.4) is 0 Å². The maximum Gasteiger partial charge on any atom is 0.111 e. The van der Waals surface area contributed by atoms with E-state index in [0.717, 1.165) is 48.4 Å². The molecule has 0 amide bonds. The lowest BCUT2D eigenvalue weighted by Crippen LogP contribution is -2.55. The van der Waals surface area contributed by atoms with Gasteiger partial charge in [-0.25, -0.2) is 5.43 Å². The van der Waals surface area contributed by atoms with Crippen molar-refractivity contribution in [3.63, 3.8) is 0 Å². The van der Waals surface area contributed by atoms with Gasteiger partial charge in [0.1, 0.15) is 5.76 Å². The van der Waals surface area contributed by atoms with E-state index >= 15 is 0 Å². The van der Waals surface area contributed by atoms with E-state index in [9.17, 15) is 0 Å². The SMILES string of the molecule is NNC(C1=CCCO1)C1C2CC3CC(C2)CC1C3. The standard InChI is InChI=1S/C15H24N2O/c16-17-15(13-2-1-3-18-13)14-11-5-9-4-10(7-11)8-12(14)6-9/h2,9-12,14-15,17H,1,3-8,16H2. The lowest BCUT2D eigenvalue weighted by Gasteiger charge is -2.56. The first kappa shape index (κ1) is 11.3. The summed E-state index contributed by atoms with van der Waals surface area (Å²) in [6.07, 6.45) is 10.6. The minimum absolute atomic E-state index is 0.280. The van der Waals surface area contributed by atoms with Crippen LogP contribution in [0.25, 0.3) is 0 Å². The maximum absolute atomic E-state index is 5.86. The topological polar surface area (TPSA) is 47.3 Å². The molecule has 5 aliphatic rings. The molecule has 0 radical (unpaired) electrons. The highest BCUT2D eigenvalue weighted by molar-refractivity contribution is 5.13. The molecule has 0 aromatic heterocycles. The summed E-state index contributed by atoms with van der Waals surface area (Å²) in [4.78, 5) is 0. The Bertz CT molecular complexity index is 338. The van der Waals surface area contributed by atoms with E-state index in [1.165, 1.54) is 32.1 Å². The molecule has 0 saturated heterocycles. The fraction of sp³-hybridized carbons (Fsp3) is 0.867. The summed E-state index contributed by atoms with van der Waals surface area (Å²) in [7, 11) is 0. The molecule has 0 aromatic carbocycles. The van der Waals surface area contributed by atoms with Gasteiger partial charge in [0.05, 0.1) is 12.6 Å². The van der Waals surface area contributed by atoms with E-state index < -0.39 is 0 Å². The second kappa shape index (κ2) is 4.24. The minimum Gasteiger partial charge on any atom is -0.496 e. The van der Waals surface area contributed by atoms with Crippen LogP contribution in [0.5, 0.6) is 0 Å². The average Bonchev–Trinajstić information content (AvgIpc) is 2.86. The first-order valence-corrected chi connectivity index (χ1v) is 7.64. The third kappa shape index (κ3) is 1.64. The quantitative estimate of drug-likeness (QED) is 0.594. The van der Waals surface area contributed by atoms with Crippen LogP contribution in [0.1, 0.15) is 38.5 Å². The van der Waals surface area contributed by atoms with Gasteiger partial charge in [0.15, 0.2) is 0 Å². The summed E-state index contributed by atoms with van der Waals surface area (Å²) in [6, 6.07) is 0.280. The summed E-state index contributed by atoms with van der Waals surface area (Å²) in [6.45, 7) is 0.848. The lowest BCUT2D eigenvalue weighted by atomic mass is 9.50. The van der Waals surface area contributed by atoms with Gasteiger partial charge in [-0.1, -0.05) is 0 Å². The van der Waals surface area contributed by atoms with Crippen LogP contribution in [0.2, 0.25) is 0 Å². The van der Waals surface area contributed by atoms with Crippen molar-refractivity contribution in [2.45, 2.75) is 44.6 Å². The number of ether oxygens (including phenoxy) is 1. The molecular formula is C15H24N2O. The molecule has 0 aromatic rings. The van der Waals surface area contributed by atoms with Gasteiger partial charge in [0.2, 0.25) is 0 Å². The van der Waals surface area contributed by atoms with E-state index in [1.54, 1.807) is 0 Å². The molecule has 1 heterocycles. The molecule has 4 saturated carbocycles. The smallest absolute Gasteiger partial charge is 0.111 e. The van der Waals surface area contributed by atoms with E-state index in [-0.39, 0.29) is 6.04 Å². The fourth-order valence-electron chi connectivity index (χ4n) is 5.55. The second-order valence-corrected chi connectivity index (χ2v) is 6.90. The highest BCUT2D eigenvalue weighted by Gasteiger charge is 2.51. The summed E-state index contributed by atoms with van der Waals surface area (Å²) in [5.41, 5.74) is 3.08. The average molecular weight is 248 g/mol. The molecule has 4 fully saturated rings. The Hall–Kier alpha value is -0.540. The van der Waals surface area contributed by atoms with Crippen molar-refractivity contribution in [3.8, 4) is 0 Å². The maximum atomic E-state index is 5.86. The summed E-state index contributed by atoms with van der Waals surface area (Å²) < 4.78 is 5.78. The number of nitrogens with two attached hydrogens (primary N) is 1. The second-order valence-electron chi connectivity index (χ2n) is 6.90. The zero-order chi connectivity index (χ0) is 12.1. The molecule has 1 aliphatic heterocycles. The van der Waals surface area contributed by atoms with Gasteiger partial charge in [-0.2, -0.15) is 0 Å². The van der Waals surface area contributed by atoms with E-state index in [1.807, 2.05) is 0 Å². The zero-order valence-corrected chi connectivity index (χ0v) is 11.0. The summed E-state index contributed by atoms with van der Waals surface area (Å²) in [5, 5.41) is 0. The number of hydrogen-bond donors (Lipinski definition) is 2. The Balaban J connectivity index is 1.59. The summed E-state index contributed by atoms with van der Waals surface area (Å²) >= 11 is 0. The summed E-state index contributed by atoms with van der Waals surface area (Å²) in [5.74, 6) is 11.6. The Labute approximate surface area is 109 Å². The van der Waals surface area contributed by atoms with E-state index in [4.69, 9.17) is 10.6 Å². The van der Waals surface area contributed by atoms with Crippen LogP contribution in [0, 0.1) is 29.6 Å². The molecule has 3 N–H and O–H groups in total. The normalized spacial score (nSPS) is 46.9. The van der Waals surface area contributed by atoms with Gasteiger partial charge in [-0.15, -0.1) is 0 Å². The van der Waals surface area contributed by atoms with Crippen molar-refractivity contribution in [3.05, 3.63) is 11.8 Å². The molecule has 3 heteroatoms.